The van der Waals surface area contributed by atoms with Crippen LogP contribution in [0, 0.1) is 11.2 Å². The Labute approximate surface area is 131 Å². The van der Waals surface area contributed by atoms with E-state index in [1.807, 2.05) is 30.9 Å². The van der Waals surface area contributed by atoms with E-state index in [2.05, 4.69) is 32.6 Å². The quantitative estimate of drug-likeness (QED) is 0.779. The Morgan fingerprint density at radius 2 is 1.86 bits per heavy atom. The fraction of sp³-hybridized carbons (Fsp3) is 0.444. The summed E-state index contributed by atoms with van der Waals surface area (Å²) in [6, 6.07) is 4.88. The minimum absolute atomic E-state index is 0.00636. The molecule has 0 amide bonds. The number of rotatable bonds is 1. The molecule has 1 unspecified atom stereocenters. The number of aromatic nitrogens is 1. The van der Waals surface area contributed by atoms with Gasteiger partial charge in [-0.3, -0.25) is 0 Å². The monoisotopic (exact) mass is 302 g/mol. The Morgan fingerprint density at radius 1 is 1.18 bits per heavy atom. The molecule has 1 aromatic carbocycles. The van der Waals surface area contributed by atoms with Gasteiger partial charge in [-0.25, -0.2) is 4.39 Å². The smallest absolute Gasteiger partial charge is 0.176 e. The van der Waals surface area contributed by atoms with E-state index < -0.39 is 0 Å². The summed E-state index contributed by atoms with van der Waals surface area (Å²) in [4.78, 5) is 2.16. The zero-order valence-electron chi connectivity index (χ0n) is 14.1. The van der Waals surface area contributed by atoms with Crippen molar-refractivity contribution < 1.29 is 9.13 Å². The zero-order valence-corrected chi connectivity index (χ0v) is 14.1. The highest BCUT2D eigenvalue weighted by Crippen LogP contribution is 2.41. The molecule has 0 aliphatic carbocycles. The predicted octanol–water partition coefficient (Wildman–Crippen LogP) is 4.34. The molecule has 2 heterocycles. The number of allylic oxidation sites excluding steroid dienone is 1. The Kier molecular flexibility index (Phi) is 3.24. The summed E-state index contributed by atoms with van der Waals surface area (Å²) in [5.74, 6) is 0.621. The molecular formula is C18H23FN2O. The van der Waals surface area contributed by atoms with Gasteiger partial charge in [0, 0.05) is 42.2 Å². The summed E-state index contributed by atoms with van der Waals surface area (Å²) in [7, 11) is 4.02. The van der Waals surface area contributed by atoms with Crippen molar-refractivity contribution in [3.63, 3.8) is 0 Å². The van der Waals surface area contributed by atoms with E-state index in [-0.39, 0.29) is 17.5 Å². The van der Waals surface area contributed by atoms with Gasteiger partial charge >= 0.3 is 0 Å². The summed E-state index contributed by atoms with van der Waals surface area (Å²) in [5, 5.41) is 0.889. The molecule has 3 nitrogen and oxygen atoms in total. The van der Waals surface area contributed by atoms with Gasteiger partial charge in [-0.2, -0.15) is 0 Å². The molecule has 0 bridgehead atoms. The van der Waals surface area contributed by atoms with Crippen molar-refractivity contribution in [2.45, 2.75) is 33.9 Å². The van der Waals surface area contributed by atoms with E-state index in [1.54, 1.807) is 6.07 Å². The predicted molar refractivity (Wildman–Crippen MR) is 87.6 cm³/mol. The van der Waals surface area contributed by atoms with E-state index >= 15 is 0 Å². The standard InChI is InChI=1S/C18H23FN2O/c1-11-16(22-17(21(11)6)18(2,3)4)14-10-20(5)15-8-7-12(19)9-13(14)15/h7-10,17H,1-6H3. The average molecular weight is 302 g/mol. The van der Waals surface area contributed by atoms with Crippen LogP contribution in [0.5, 0.6) is 0 Å². The second kappa shape index (κ2) is 4.77. The normalized spacial score (nSPS) is 19.2. The van der Waals surface area contributed by atoms with Crippen molar-refractivity contribution in [1.82, 2.24) is 9.47 Å². The highest BCUT2D eigenvalue weighted by atomic mass is 19.1. The van der Waals surface area contributed by atoms with Crippen LogP contribution in [0.15, 0.2) is 30.1 Å². The Balaban J connectivity index is 2.14. The van der Waals surface area contributed by atoms with Crippen LogP contribution in [0.3, 0.4) is 0 Å². The minimum atomic E-state index is -0.225. The summed E-state index contributed by atoms with van der Waals surface area (Å²) < 4.78 is 22.0. The molecule has 0 spiro atoms. The van der Waals surface area contributed by atoms with Crippen LogP contribution in [0.1, 0.15) is 33.3 Å². The van der Waals surface area contributed by atoms with Gasteiger partial charge in [0.15, 0.2) is 12.0 Å². The molecule has 1 aliphatic rings. The largest absolute Gasteiger partial charge is 0.467 e. The van der Waals surface area contributed by atoms with Crippen molar-refractivity contribution in [3.8, 4) is 0 Å². The van der Waals surface area contributed by atoms with Gasteiger partial charge < -0.3 is 14.2 Å². The van der Waals surface area contributed by atoms with Crippen LogP contribution in [0.25, 0.3) is 16.7 Å². The number of benzene rings is 1. The van der Waals surface area contributed by atoms with Gasteiger partial charge in [-0.1, -0.05) is 20.8 Å². The number of ether oxygens (including phenoxy) is 1. The van der Waals surface area contributed by atoms with Crippen LogP contribution >= 0.6 is 0 Å². The molecule has 4 heteroatoms. The van der Waals surface area contributed by atoms with Crippen molar-refractivity contribution >= 4 is 16.7 Å². The van der Waals surface area contributed by atoms with E-state index in [1.165, 1.54) is 6.07 Å². The first-order chi connectivity index (χ1) is 10.2. The van der Waals surface area contributed by atoms with Crippen LogP contribution in [-0.4, -0.2) is 22.7 Å². The van der Waals surface area contributed by atoms with Gasteiger partial charge in [-0.05, 0) is 25.1 Å². The first-order valence-electron chi connectivity index (χ1n) is 7.55. The fourth-order valence-corrected chi connectivity index (χ4v) is 3.17. The number of aryl methyl sites for hydroxylation is 1. The van der Waals surface area contributed by atoms with Gasteiger partial charge in [0.1, 0.15) is 5.82 Å². The molecule has 0 fully saturated rings. The molecule has 1 aliphatic heterocycles. The molecule has 118 valence electrons. The maximum atomic E-state index is 13.7. The fourth-order valence-electron chi connectivity index (χ4n) is 3.17. The lowest BCUT2D eigenvalue weighted by Gasteiger charge is -2.33. The molecular weight excluding hydrogens is 279 g/mol. The molecule has 1 aromatic heterocycles. The SMILES string of the molecule is CC1=C(c2cn(C)c3ccc(F)cc23)OC(C(C)(C)C)N1C. The number of hydrogen-bond donors (Lipinski definition) is 0. The Morgan fingerprint density at radius 3 is 2.45 bits per heavy atom. The number of nitrogens with zero attached hydrogens (tertiary/aromatic N) is 2. The van der Waals surface area contributed by atoms with Gasteiger partial charge in [0.05, 0.1) is 5.70 Å². The van der Waals surface area contributed by atoms with Crippen molar-refractivity contribution in [3.05, 3.63) is 41.5 Å². The third kappa shape index (κ3) is 2.18. The topological polar surface area (TPSA) is 17.4 Å². The van der Waals surface area contributed by atoms with Gasteiger partial charge in [0.25, 0.3) is 0 Å². The van der Waals surface area contributed by atoms with Crippen LogP contribution in [0.4, 0.5) is 4.39 Å². The van der Waals surface area contributed by atoms with Crippen LogP contribution in [0.2, 0.25) is 0 Å². The van der Waals surface area contributed by atoms with Crippen molar-refractivity contribution in [1.29, 1.82) is 0 Å². The molecule has 0 N–H and O–H groups in total. The maximum Gasteiger partial charge on any atom is 0.176 e. The highest BCUT2D eigenvalue weighted by Gasteiger charge is 2.38. The Bertz CT molecular complexity index is 767. The second-order valence-corrected chi connectivity index (χ2v) is 7.18. The number of halogens is 1. The molecule has 2 aromatic rings. The van der Waals surface area contributed by atoms with Crippen molar-refractivity contribution in [2.75, 3.05) is 7.05 Å². The second-order valence-electron chi connectivity index (χ2n) is 7.18. The van der Waals surface area contributed by atoms with E-state index in [4.69, 9.17) is 4.74 Å². The lowest BCUT2D eigenvalue weighted by Crippen LogP contribution is -2.38. The highest BCUT2D eigenvalue weighted by molar-refractivity contribution is 5.92. The molecule has 1 atom stereocenters. The zero-order chi connectivity index (χ0) is 16.2. The number of hydrogen-bond acceptors (Lipinski definition) is 2. The Hall–Kier alpha value is -1.97. The third-order valence-electron chi connectivity index (χ3n) is 4.38. The maximum absolute atomic E-state index is 13.7. The van der Waals surface area contributed by atoms with Crippen molar-refractivity contribution in [2.24, 2.45) is 12.5 Å². The summed E-state index contributed by atoms with van der Waals surface area (Å²) in [6.07, 6.45) is 1.99. The average Bonchev–Trinajstić information content (AvgIpc) is 2.88. The molecule has 0 saturated heterocycles. The molecule has 0 radical (unpaired) electrons. The summed E-state index contributed by atoms with van der Waals surface area (Å²) in [6.45, 7) is 8.53. The lowest BCUT2D eigenvalue weighted by atomic mass is 9.93. The minimum Gasteiger partial charge on any atom is -0.467 e. The van der Waals surface area contributed by atoms with Gasteiger partial charge in [0.2, 0.25) is 0 Å². The van der Waals surface area contributed by atoms with Gasteiger partial charge in [-0.15, -0.1) is 0 Å². The van der Waals surface area contributed by atoms with E-state index in [9.17, 15) is 4.39 Å². The first-order valence-corrected chi connectivity index (χ1v) is 7.55. The molecule has 3 rings (SSSR count). The number of fused-ring (bicyclic) bond motifs is 1. The molecule has 22 heavy (non-hydrogen) atoms. The van der Waals surface area contributed by atoms with E-state index in [0.29, 0.717) is 0 Å². The van der Waals surface area contributed by atoms with Crippen LogP contribution < -0.4 is 0 Å². The van der Waals surface area contributed by atoms with E-state index in [0.717, 1.165) is 27.9 Å². The summed E-state index contributed by atoms with van der Waals surface area (Å²) >= 11 is 0. The first kappa shape index (κ1) is 14.9. The lowest BCUT2D eigenvalue weighted by molar-refractivity contribution is -0.0112. The molecule has 0 saturated carbocycles. The summed E-state index contributed by atoms with van der Waals surface area (Å²) in [5.41, 5.74) is 3.03. The third-order valence-corrected chi connectivity index (χ3v) is 4.38. The van der Waals surface area contributed by atoms with Crippen LogP contribution in [-0.2, 0) is 11.8 Å².